The zero-order valence-corrected chi connectivity index (χ0v) is 15.5. The Balaban J connectivity index is 1.60. The Bertz CT molecular complexity index is 519. The Morgan fingerprint density at radius 3 is 2.80 bits per heavy atom. The smallest absolute Gasteiger partial charge is 0.328 e. The Morgan fingerprint density at radius 1 is 1.16 bits per heavy atom. The fourth-order valence-corrected chi connectivity index (χ4v) is 4.75. The van der Waals surface area contributed by atoms with Crippen LogP contribution in [0.25, 0.3) is 0 Å². The maximum absolute atomic E-state index is 12.9. The molecule has 2 atom stereocenters. The van der Waals surface area contributed by atoms with E-state index in [1.54, 1.807) is 4.90 Å². The van der Waals surface area contributed by atoms with Crippen molar-refractivity contribution in [1.29, 1.82) is 0 Å². The van der Waals surface area contributed by atoms with E-state index in [0.29, 0.717) is 25.1 Å². The van der Waals surface area contributed by atoms with Gasteiger partial charge in [-0.05, 0) is 70.3 Å². The number of hydrogen-bond acceptors (Lipinski definition) is 4. The van der Waals surface area contributed by atoms with Gasteiger partial charge in [-0.3, -0.25) is 9.69 Å². The monoisotopic (exact) mass is 348 g/mol. The van der Waals surface area contributed by atoms with Gasteiger partial charge in [0, 0.05) is 13.1 Å². The van der Waals surface area contributed by atoms with Crippen molar-refractivity contribution >= 4 is 11.9 Å². The molecule has 0 aromatic rings. The van der Waals surface area contributed by atoms with E-state index < -0.39 is 0 Å². The molecule has 5 heteroatoms. The van der Waals surface area contributed by atoms with Gasteiger partial charge in [-0.2, -0.15) is 0 Å². The highest BCUT2D eigenvalue weighted by Gasteiger charge is 2.38. The van der Waals surface area contributed by atoms with Crippen molar-refractivity contribution in [3.05, 3.63) is 12.2 Å². The minimum absolute atomic E-state index is 0.0983. The molecule has 2 aliphatic heterocycles. The van der Waals surface area contributed by atoms with Crippen LogP contribution in [0, 0.1) is 5.41 Å². The Morgan fingerprint density at radius 2 is 2.04 bits per heavy atom. The summed E-state index contributed by atoms with van der Waals surface area (Å²) in [5.41, 5.74) is 0.371. The molecule has 2 heterocycles. The molecule has 25 heavy (non-hydrogen) atoms. The third kappa shape index (κ3) is 4.43. The predicted octanol–water partition coefficient (Wildman–Crippen LogP) is 2.75. The number of piperidine rings is 2. The summed E-state index contributed by atoms with van der Waals surface area (Å²) in [5.74, 6) is -0.135. The summed E-state index contributed by atoms with van der Waals surface area (Å²) in [6.45, 7) is 5.33. The number of amides is 1. The molecular weight excluding hydrogens is 316 g/mol. The first-order valence-electron chi connectivity index (χ1n) is 9.97. The van der Waals surface area contributed by atoms with Crippen LogP contribution in [0.2, 0.25) is 0 Å². The SMILES string of the molecule is CCOC(=O)[C@@H]1CCCCN1C(=O)CN1CCC[C@]2(CC=CCC2)C1. The van der Waals surface area contributed by atoms with E-state index >= 15 is 0 Å². The molecule has 5 nitrogen and oxygen atoms in total. The Labute approximate surface area is 151 Å². The minimum Gasteiger partial charge on any atom is -0.464 e. The van der Waals surface area contributed by atoms with Gasteiger partial charge in [-0.1, -0.05) is 12.2 Å². The zero-order chi connectivity index (χ0) is 17.7. The van der Waals surface area contributed by atoms with Gasteiger partial charge in [0.25, 0.3) is 0 Å². The molecule has 0 unspecified atom stereocenters. The molecule has 1 amide bonds. The van der Waals surface area contributed by atoms with Gasteiger partial charge in [0.1, 0.15) is 6.04 Å². The maximum Gasteiger partial charge on any atom is 0.328 e. The normalized spacial score (nSPS) is 30.4. The third-order valence-electron chi connectivity index (χ3n) is 6.04. The Hall–Kier alpha value is -1.36. The van der Waals surface area contributed by atoms with Crippen molar-refractivity contribution in [2.75, 3.05) is 32.8 Å². The van der Waals surface area contributed by atoms with Crippen LogP contribution in [0.5, 0.6) is 0 Å². The van der Waals surface area contributed by atoms with E-state index in [-0.39, 0.29) is 17.9 Å². The molecule has 0 bridgehead atoms. The molecule has 1 aliphatic carbocycles. The first-order chi connectivity index (χ1) is 12.1. The Kier molecular flexibility index (Phi) is 6.15. The summed E-state index contributed by atoms with van der Waals surface area (Å²) in [4.78, 5) is 29.2. The van der Waals surface area contributed by atoms with Crippen LogP contribution in [0.1, 0.15) is 58.3 Å². The highest BCUT2D eigenvalue weighted by molar-refractivity contribution is 5.85. The molecule has 0 radical (unpaired) electrons. The van der Waals surface area contributed by atoms with E-state index in [9.17, 15) is 9.59 Å². The topological polar surface area (TPSA) is 49.9 Å². The summed E-state index contributed by atoms with van der Waals surface area (Å²) in [7, 11) is 0. The zero-order valence-electron chi connectivity index (χ0n) is 15.5. The molecule has 3 aliphatic rings. The van der Waals surface area contributed by atoms with Crippen molar-refractivity contribution in [3.8, 4) is 0 Å². The van der Waals surface area contributed by atoms with Gasteiger partial charge in [0.2, 0.25) is 5.91 Å². The van der Waals surface area contributed by atoms with E-state index in [2.05, 4.69) is 17.1 Å². The number of rotatable bonds is 4. The van der Waals surface area contributed by atoms with Crippen LogP contribution in [0.4, 0.5) is 0 Å². The minimum atomic E-state index is -0.377. The highest BCUT2D eigenvalue weighted by Crippen LogP contribution is 2.40. The number of esters is 1. The van der Waals surface area contributed by atoms with Gasteiger partial charge in [0.05, 0.1) is 13.2 Å². The summed E-state index contributed by atoms with van der Waals surface area (Å²) in [6, 6.07) is -0.377. The van der Waals surface area contributed by atoms with E-state index in [1.807, 2.05) is 6.92 Å². The maximum atomic E-state index is 12.9. The molecule has 0 aromatic heterocycles. The molecule has 140 valence electrons. The van der Waals surface area contributed by atoms with E-state index in [1.165, 1.54) is 25.7 Å². The number of nitrogens with zero attached hydrogens (tertiary/aromatic N) is 2. The van der Waals surface area contributed by atoms with Gasteiger partial charge >= 0.3 is 5.97 Å². The number of ether oxygens (including phenoxy) is 1. The second-order valence-corrected chi connectivity index (χ2v) is 7.88. The van der Waals surface area contributed by atoms with Gasteiger partial charge in [0.15, 0.2) is 0 Å². The molecule has 2 saturated heterocycles. The largest absolute Gasteiger partial charge is 0.464 e. The van der Waals surface area contributed by atoms with Crippen molar-refractivity contribution in [2.45, 2.75) is 64.3 Å². The van der Waals surface area contributed by atoms with Crippen molar-refractivity contribution in [3.63, 3.8) is 0 Å². The lowest BCUT2D eigenvalue weighted by molar-refractivity contribution is -0.157. The summed E-state index contributed by atoms with van der Waals surface area (Å²) in [6.07, 6.45) is 13.3. The number of allylic oxidation sites excluding steroid dienone is 2. The number of carbonyl (C=O) groups excluding carboxylic acids is 2. The molecule has 0 saturated carbocycles. The van der Waals surface area contributed by atoms with Gasteiger partial charge < -0.3 is 9.64 Å². The third-order valence-corrected chi connectivity index (χ3v) is 6.04. The lowest BCUT2D eigenvalue weighted by Crippen LogP contribution is -2.53. The molecule has 1 spiro atoms. The average molecular weight is 348 g/mol. The first-order valence-corrected chi connectivity index (χ1v) is 9.97. The van der Waals surface area contributed by atoms with E-state index in [4.69, 9.17) is 4.74 Å². The fourth-order valence-electron chi connectivity index (χ4n) is 4.75. The fraction of sp³-hybridized carbons (Fsp3) is 0.800. The van der Waals surface area contributed by atoms with Crippen molar-refractivity contribution < 1.29 is 14.3 Å². The number of likely N-dealkylation sites (tertiary alicyclic amines) is 2. The van der Waals surface area contributed by atoms with Crippen LogP contribution < -0.4 is 0 Å². The van der Waals surface area contributed by atoms with Gasteiger partial charge in [-0.25, -0.2) is 4.79 Å². The van der Waals surface area contributed by atoms with Crippen molar-refractivity contribution in [2.24, 2.45) is 5.41 Å². The molecular formula is C20H32N2O3. The summed E-state index contributed by atoms with van der Waals surface area (Å²) >= 11 is 0. The lowest BCUT2D eigenvalue weighted by Gasteiger charge is -2.44. The van der Waals surface area contributed by atoms with Crippen molar-refractivity contribution in [1.82, 2.24) is 9.80 Å². The summed E-state index contributed by atoms with van der Waals surface area (Å²) in [5, 5.41) is 0. The van der Waals surface area contributed by atoms with Crippen LogP contribution >= 0.6 is 0 Å². The van der Waals surface area contributed by atoms with Crippen LogP contribution in [-0.4, -0.2) is 60.5 Å². The molecule has 3 rings (SSSR count). The average Bonchev–Trinajstić information content (AvgIpc) is 2.62. The predicted molar refractivity (Wildman–Crippen MR) is 97.1 cm³/mol. The van der Waals surface area contributed by atoms with Crippen LogP contribution in [-0.2, 0) is 14.3 Å². The second kappa shape index (κ2) is 8.35. The molecule has 0 aromatic carbocycles. The van der Waals surface area contributed by atoms with E-state index in [0.717, 1.165) is 38.8 Å². The standard InChI is InChI=1S/C20H32N2O3/c1-2-25-19(24)17-9-4-7-14-22(17)18(23)15-21-13-8-12-20(16-21)10-5-3-6-11-20/h3,5,17H,2,4,6-16H2,1H3/t17-,20+/m0/s1. The molecule has 0 N–H and O–H groups in total. The van der Waals surface area contributed by atoms with Crippen LogP contribution in [0.3, 0.4) is 0 Å². The van der Waals surface area contributed by atoms with Crippen LogP contribution in [0.15, 0.2) is 12.2 Å². The first kappa shape index (κ1) is 18.4. The molecule has 2 fully saturated rings. The summed E-state index contributed by atoms with van der Waals surface area (Å²) < 4.78 is 5.19. The number of carbonyl (C=O) groups is 2. The second-order valence-electron chi connectivity index (χ2n) is 7.88. The van der Waals surface area contributed by atoms with Gasteiger partial charge in [-0.15, -0.1) is 0 Å². The number of hydrogen-bond donors (Lipinski definition) is 0. The highest BCUT2D eigenvalue weighted by atomic mass is 16.5. The lowest BCUT2D eigenvalue weighted by atomic mass is 9.71. The quantitative estimate of drug-likeness (QED) is 0.579.